The molecule has 0 unspecified atom stereocenters. The number of alkyl halides is 1. The third-order valence-electron chi connectivity index (χ3n) is 10.6. The molecule has 1 N–H and O–H groups in total. The standard InChI is InChI=1S/C30H36F2N2O3S2/c1-28-13-18-15-33-34(21-7-5-20(32)6-8-21)24(18)12-19(28)4-9-22-23-10-11-30(37-17-38-3,27(36)39-16-31)29(23,2)14-25(35)26(22)28/h5-8,12,15,22-23,25-26,35H,4,9-11,13-14,16-17H2,1-3H3/t22-,23-,25-,26+,28-,29-,30-/m0/s1. The molecule has 5 nitrogen and oxygen atoms in total. The van der Waals surface area contributed by atoms with Crippen LogP contribution in [0.4, 0.5) is 8.78 Å². The first-order valence-corrected chi connectivity index (χ1v) is 16.1. The summed E-state index contributed by atoms with van der Waals surface area (Å²) in [5.74, 6) is 0.618. The number of fused-ring (bicyclic) bond motifs is 6. The van der Waals surface area contributed by atoms with Gasteiger partial charge in [0, 0.05) is 5.41 Å². The van der Waals surface area contributed by atoms with E-state index in [1.165, 1.54) is 29.5 Å². The van der Waals surface area contributed by atoms with Crippen LogP contribution in [0.2, 0.25) is 0 Å². The monoisotopic (exact) mass is 574 g/mol. The Bertz CT molecular complexity index is 1300. The summed E-state index contributed by atoms with van der Waals surface area (Å²) in [6.07, 6.45) is 10.0. The smallest absolute Gasteiger partial charge is 0.223 e. The summed E-state index contributed by atoms with van der Waals surface area (Å²) in [5.41, 5.74) is 2.46. The van der Waals surface area contributed by atoms with Crippen LogP contribution in [0.25, 0.3) is 11.8 Å². The van der Waals surface area contributed by atoms with Crippen molar-refractivity contribution in [2.24, 2.45) is 28.6 Å². The number of hydrogen-bond donors (Lipinski definition) is 1. The molecular formula is C30H36F2N2O3S2. The zero-order chi connectivity index (χ0) is 27.6. The summed E-state index contributed by atoms with van der Waals surface area (Å²) in [7, 11) is 0. The number of aliphatic hydroxyl groups excluding tert-OH is 1. The summed E-state index contributed by atoms with van der Waals surface area (Å²) in [6, 6.07) is 5.62. The van der Waals surface area contributed by atoms with Gasteiger partial charge in [-0.2, -0.15) is 5.10 Å². The Labute approximate surface area is 237 Å². The first-order chi connectivity index (χ1) is 18.7. The fourth-order valence-electron chi connectivity index (χ4n) is 8.92. The van der Waals surface area contributed by atoms with Gasteiger partial charge in [-0.15, -0.1) is 11.8 Å². The van der Waals surface area contributed by atoms with Gasteiger partial charge in [0.2, 0.25) is 5.12 Å². The van der Waals surface area contributed by atoms with Gasteiger partial charge in [0.05, 0.1) is 29.6 Å². The van der Waals surface area contributed by atoms with Crippen molar-refractivity contribution in [1.82, 2.24) is 9.78 Å². The minimum atomic E-state index is -1.07. The van der Waals surface area contributed by atoms with Gasteiger partial charge in [0.25, 0.3) is 0 Å². The number of allylic oxidation sites excluding steroid dienone is 1. The lowest BCUT2D eigenvalue weighted by Crippen LogP contribution is -2.62. The van der Waals surface area contributed by atoms with Gasteiger partial charge in [0.1, 0.15) is 17.4 Å². The first kappa shape index (κ1) is 27.5. The lowest BCUT2D eigenvalue weighted by Gasteiger charge is -2.60. The van der Waals surface area contributed by atoms with Gasteiger partial charge in [-0.1, -0.05) is 31.2 Å². The Kier molecular flexibility index (Phi) is 7.05. The van der Waals surface area contributed by atoms with Crippen LogP contribution >= 0.6 is 23.5 Å². The molecule has 3 saturated carbocycles. The van der Waals surface area contributed by atoms with E-state index in [4.69, 9.17) is 4.74 Å². The molecule has 39 heavy (non-hydrogen) atoms. The van der Waals surface area contributed by atoms with E-state index in [-0.39, 0.29) is 34.1 Å². The summed E-state index contributed by atoms with van der Waals surface area (Å²) < 4.78 is 35.1. The van der Waals surface area contributed by atoms with E-state index in [9.17, 15) is 18.7 Å². The molecule has 0 radical (unpaired) electrons. The minimum Gasteiger partial charge on any atom is -0.393 e. The third-order valence-corrected chi connectivity index (χ3v) is 11.6. The van der Waals surface area contributed by atoms with E-state index in [2.05, 4.69) is 25.0 Å². The molecule has 2 aromatic rings. The number of nitrogens with zero attached hydrogens (tertiary/aromatic N) is 2. The summed E-state index contributed by atoms with van der Waals surface area (Å²) in [6.45, 7) is 4.40. The number of aliphatic hydroxyl groups is 1. The van der Waals surface area contributed by atoms with Crippen LogP contribution in [0.3, 0.4) is 0 Å². The topological polar surface area (TPSA) is 64.3 Å². The van der Waals surface area contributed by atoms with Crippen LogP contribution in [0, 0.1) is 34.4 Å². The summed E-state index contributed by atoms with van der Waals surface area (Å²) in [5, 5.41) is 16.3. The van der Waals surface area contributed by atoms with Crippen LogP contribution in [-0.2, 0) is 16.0 Å². The number of carbonyl (C=O) groups is 1. The minimum absolute atomic E-state index is 0.0539. The molecule has 3 fully saturated rings. The van der Waals surface area contributed by atoms with Crippen LogP contribution in [0.1, 0.15) is 57.2 Å². The maximum absolute atomic E-state index is 13.5. The fraction of sp³-hybridized carbons (Fsp3) is 0.600. The van der Waals surface area contributed by atoms with Gasteiger partial charge in [-0.25, -0.2) is 13.5 Å². The van der Waals surface area contributed by atoms with E-state index in [1.807, 2.05) is 17.1 Å². The molecule has 0 saturated heterocycles. The van der Waals surface area contributed by atoms with Gasteiger partial charge in [0.15, 0.2) is 0 Å². The molecule has 1 aromatic carbocycles. The van der Waals surface area contributed by atoms with Crippen molar-refractivity contribution in [1.29, 1.82) is 0 Å². The molecule has 4 aliphatic rings. The van der Waals surface area contributed by atoms with Gasteiger partial charge >= 0.3 is 0 Å². The molecule has 7 atom stereocenters. The maximum atomic E-state index is 13.5. The maximum Gasteiger partial charge on any atom is 0.223 e. The molecule has 1 aromatic heterocycles. The fourth-order valence-corrected chi connectivity index (χ4v) is 9.96. The molecule has 6 rings (SSSR count). The van der Waals surface area contributed by atoms with Crippen LogP contribution in [0.15, 0.2) is 36.0 Å². The number of hydrogen-bond acceptors (Lipinski definition) is 6. The van der Waals surface area contributed by atoms with E-state index in [1.54, 1.807) is 12.1 Å². The third kappa shape index (κ3) is 4.01. The molecule has 0 bridgehead atoms. The second-order valence-corrected chi connectivity index (χ2v) is 13.9. The zero-order valence-corrected chi connectivity index (χ0v) is 24.3. The number of benzene rings is 1. The number of ether oxygens (including phenoxy) is 1. The zero-order valence-electron chi connectivity index (χ0n) is 22.7. The predicted octanol–water partition coefficient (Wildman–Crippen LogP) is 6.43. The summed E-state index contributed by atoms with van der Waals surface area (Å²) in [4.78, 5) is 13.4. The molecular weight excluding hydrogens is 538 g/mol. The van der Waals surface area contributed by atoms with Crippen molar-refractivity contribution in [3.05, 3.63) is 53.1 Å². The first-order valence-electron chi connectivity index (χ1n) is 13.8. The van der Waals surface area contributed by atoms with Crippen molar-refractivity contribution in [3.63, 3.8) is 0 Å². The van der Waals surface area contributed by atoms with Crippen LogP contribution < -0.4 is 0 Å². The Morgan fingerprint density at radius 2 is 2.03 bits per heavy atom. The quantitative estimate of drug-likeness (QED) is 0.402. The van der Waals surface area contributed by atoms with Crippen molar-refractivity contribution < 1.29 is 23.4 Å². The number of carbonyl (C=O) groups excluding carboxylic acids is 1. The van der Waals surface area contributed by atoms with E-state index in [0.717, 1.165) is 42.6 Å². The van der Waals surface area contributed by atoms with E-state index < -0.39 is 23.1 Å². The molecule has 9 heteroatoms. The second-order valence-electron chi connectivity index (χ2n) is 12.2. The highest BCUT2D eigenvalue weighted by Gasteiger charge is 2.69. The normalized spacial score (nSPS) is 36.9. The predicted molar refractivity (Wildman–Crippen MR) is 152 cm³/mol. The number of thioether (sulfide) groups is 2. The average Bonchev–Trinajstić information content (AvgIpc) is 3.44. The van der Waals surface area contributed by atoms with E-state index >= 15 is 0 Å². The Hall–Kier alpha value is -1.68. The highest BCUT2D eigenvalue weighted by Crippen LogP contribution is 2.68. The average molecular weight is 575 g/mol. The van der Waals surface area contributed by atoms with Gasteiger partial charge in [-0.3, -0.25) is 4.79 Å². The van der Waals surface area contributed by atoms with Crippen LogP contribution in [0.5, 0.6) is 0 Å². The van der Waals surface area contributed by atoms with Gasteiger partial charge < -0.3 is 9.84 Å². The molecule has 1 heterocycles. The molecule has 0 amide bonds. The highest BCUT2D eigenvalue weighted by molar-refractivity contribution is 8.13. The van der Waals surface area contributed by atoms with Crippen molar-refractivity contribution in [3.8, 4) is 5.69 Å². The molecule has 4 aliphatic carbocycles. The second kappa shape index (κ2) is 10.00. The summed E-state index contributed by atoms with van der Waals surface area (Å²) >= 11 is 2.23. The lowest BCUT2D eigenvalue weighted by atomic mass is 9.45. The van der Waals surface area contributed by atoms with Gasteiger partial charge in [-0.05, 0) is 104 Å². The van der Waals surface area contributed by atoms with Crippen LogP contribution in [-0.4, -0.2) is 49.9 Å². The van der Waals surface area contributed by atoms with Crippen molar-refractivity contribution in [2.75, 3.05) is 18.2 Å². The molecule has 0 spiro atoms. The van der Waals surface area contributed by atoms with Crippen molar-refractivity contribution >= 4 is 34.7 Å². The number of aromatic nitrogens is 2. The van der Waals surface area contributed by atoms with Crippen molar-refractivity contribution in [2.45, 2.75) is 64.1 Å². The SMILES string of the molecule is CSCO[C@]1(C(=O)SCF)CC[C@H]2[C@@H]3CCC4=Cc5c(cnn5-c5ccc(F)cc5)C[C@]4(C)[C@H]3[C@@H](O)C[C@@]21C. The Morgan fingerprint density at radius 3 is 2.74 bits per heavy atom. The largest absolute Gasteiger partial charge is 0.393 e. The molecule has 0 aliphatic heterocycles. The highest BCUT2D eigenvalue weighted by atomic mass is 32.2. The Balaban J connectivity index is 1.35. The lowest BCUT2D eigenvalue weighted by molar-refractivity contribution is -0.182. The number of halogens is 2. The number of rotatable bonds is 6. The Morgan fingerprint density at radius 1 is 1.26 bits per heavy atom. The molecule has 210 valence electrons. The van der Waals surface area contributed by atoms with E-state index in [0.29, 0.717) is 30.5 Å².